The number of thioether (sulfide) groups is 1. The summed E-state index contributed by atoms with van der Waals surface area (Å²) >= 11 is 1.96. The molecule has 3 heteroatoms. The van der Waals surface area contributed by atoms with E-state index < -0.39 is 0 Å². The van der Waals surface area contributed by atoms with Crippen LogP contribution in [0.5, 0.6) is 5.75 Å². The van der Waals surface area contributed by atoms with Crippen molar-refractivity contribution in [1.29, 1.82) is 0 Å². The summed E-state index contributed by atoms with van der Waals surface area (Å²) in [7, 11) is 1.71. The Hall–Kier alpha value is -1.45. The van der Waals surface area contributed by atoms with Crippen LogP contribution in [0.1, 0.15) is 24.1 Å². The molecule has 0 saturated heterocycles. The molecule has 2 nitrogen and oxygen atoms in total. The number of benzene rings is 2. The summed E-state index contributed by atoms with van der Waals surface area (Å²) in [6, 6.07) is 19.3. The van der Waals surface area contributed by atoms with Crippen LogP contribution in [-0.2, 0) is 5.75 Å². The van der Waals surface area contributed by atoms with Gasteiger partial charge >= 0.3 is 0 Å². The second-order valence-corrected chi connectivity index (χ2v) is 5.92. The first-order chi connectivity index (χ1) is 10.3. The molecule has 2 aromatic rings. The molecule has 0 bridgehead atoms. The summed E-state index contributed by atoms with van der Waals surface area (Å²) in [6.45, 7) is 3.11. The zero-order valence-corrected chi connectivity index (χ0v) is 13.5. The lowest BCUT2D eigenvalue weighted by Gasteiger charge is -2.18. The van der Waals surface area contributed by atoms with Crippen molar-refractivity contribution in [2.24, 2.45) is 0 Å². The van der Waals surface area contributed by atoms with E-state index in [1.165, 1.54) is 11.1 Å². The number of rotatable bonds is 8. The Morgan fingerprint density at radius 3 is 2.62 bits per heavy atom. The van der Waals surface area contributed by atoms with E-state index in [4.69, 9.17) is 4.74 Å². The minimum absolute atomic E-state index is 0.360. The minimum Gasteiger partial charge on any atom is -0.497 e. The van der Waals surface area contributed by atoms with Gasteiger partial charge in [-0.2, -0.15) is 11.8 Å². The van der Waals surface area contributed by atoms with E-state index >= 15 is 0 Å². The Bertz CT molecular complexity index is 530. The van der Waals surface area contributed by atoms with E-state index in [1.54, 1.807) is 7.11 Å². The zero-order chi connectivity index (χ0) is 14.9. The highest BCUT2D eigenvalue weighted by Crippen LogP contribution is 2.24. The average Bonchev–Trinajstić information content (AvgIpc) is 2.55. The number of ether oxygens (including phenoxy) is 1. The quantitative estimate of drug-likeness (QED) is 0.786. The first-order valence-electron chi connectivity index (χ1n) is 7.32. The summed E-state index contributed by atoms with van der Waals surface area (Å²) in [5.74, 6) is 3.02. The molecule has 0 spiro atoms. The average molecular weight is 301 g/mol. The van der Waals surface area contributed by atoms with E-state index in [2.05, 4.69) is 60.8 Å². The third-order valence-corrected chi connectivity index (χ3v) is 4.45. The van der Waals surface area contributed by atoms with Gasteiger partial charge < -0.3 is 10.1 Å². The summed E-state index contributed by atoms with van der Waals surface area (Å²) in [5, 5.41) is 3.56. The van der Waals surface area contributed by atoms with Gasteiger partial charge in [0.2, 0.25) is 0 Å². The Labute approximate surface area is 131 Å². The topological polar surface area (TPSA) is 21.3 Å². The second kappa shape index (κ2) is 8.75. The summed E-state index contributed by atoms with van der Waals surface area (Å²) < 4.78 is 5.32. The molecule has 21 heavy (non-hydrogen) atoms. The Balaban J connectivity index is 1.95. The fourth-order valence-electron chi connectivity index (χ4n) is 2.25. The first-order valence-corrected chi connectivity index (χ1v) is 8.48. The summed E-state index contributed by atoms with van der Waals surface area (Å²) in [4.78, 5) is 0. The molecule has 0 aliphatic carbocycles. The van der Waals surface area contributed by atoms with Crippen molar-refractivity contribution >= 4 is 11.8 Å². The molecule has 1 atom stereocenters. The zero-order valence-electron chi connectivity index (χ0n) is 12.7. The minimum atomic E-state index is 0.360. The highest BCUT2D eigenvalue weighted by Gasteiger charge is 2.11. The van der Waals surface area contributed by atoms with Crippen molar-refractivity contribution in [1.82, 2.24) is 5.32 Å². The fourth-order valence-corrected chi connectivity index (χ4v) is 3.34. The van der Waals surface area contributed by atoms with Gasteiger partial charge in [-0.15, -0.1) is 0 Å². The molecular weight excluding hydrogens is 278 g/mol. The van der Waals surface area contributed by atoms with E-state index in [1.807, 2.05) is 17.8 Å². The molecule has 1 unspecified atom stereocenters. The van der Waals surface area contributed by atoms with Crippen LogP contribution in [0, 0.1) is 0 Å². The van der Waals surface area contributed by atoms with Crippen LogP contribution in [0.25, 0.3) is 0 Å². The molecule has 1 N–H and O–H groups in total. The molecule has 0 heterocycles. The van der Waals surface area contributed by atoms with Gasteiger partial charge in [-0.3, -0.25) is 0 Å². The van der Waals surface area contributed by atoms with Gasteiger partial charge in [0, 0.05) is 17.5 Å². The van der Waals surface area contributed by atoms with E-state index in [-0.39, 0.29) is 0 Å². The monoisotopic (exact) mass is 301 g/mol. The maximum absolute atomic E-state index is 5.32. The van der Waals surface area contributed by atoms with Gasteiger partial charge in [0.15, 0.2) is 0 Å². The first kappa shape index (κ1) is 15.9. The SMILES string of the molecule is CCNC(CSCc1ccccc1)c1cccc(OC)c1. The Kier molecular flexibility index (Phi) is 6.64. The molecule has 2 rings (SSSR count). The van der Waals surface area contributed by atoms with Gasteiger partial charge in [0.05, 0.1) is 7.11 Å². The number of hydrogen-bond donors (Lipinski definition) is 1. The van der Waals surface area contributed by atoms with Crippen LogP contribution in [0.15, 0.2) is 54.6 Å². The van der Waals surface area contributed by atoms with Crippen molar-refractivity contribution in [3.8, 4) is 5.75 Å². The van der Waals surface area contributed by atoms with Gasteiger partial charge in [-0.1, -0.05) is 49.4 Å². The molecule has 0 saturated carbocycles. The molecule has 0 fully saturated rings. The van der Waals surface area contributed by atoms with E-state index in [9.17, 15) is 0 Å². The molecule has 0 radical (unpaired) electrons. The lowest BCUT2D eigenvalue weighted by atomic mass is 10.1. The molecule has 0 aromatic heterocycles. The smallest absolute Gasteiger partial charge is 0.119 e. The molecule has 0 aliphatic rings. The summed E-state index contributed by atoms with van der Waals surface area (Å²) in [5.41, 5.74) is 2.67. The lowest BCUT2D eigenvalue weighted by molar-refractivity contribution is 0.413. The van der Waals surface area contributed by atoms with Crippen LogP contribution in [0.4, 0.5) is 0 Å². The lowest BCUT2D eigenvalue weighted by Crippen LogP contribution is -2.23. The van der Waals surface area contributed by atoms with Crippen LogP contribution >= 0.6 is 11.8 Å². The maximum Gasteiger partial charge on any atom is 0.119 e. The van der Waals surface area contributed by atoms with Gasteiger partial charge in [0.1, 0.15) is 5.75 Å². The third kappa shape index (κ3) is 5.10. The van der Waals surface area contributed by atoms with Crippen LogP contribution in [-0.4, -0.2) is 19.4 Å². The number of methoxy groups -OCH3 is 1. The van der Waals surface area contributed by atoms with E-state index in [0.29, 0.717) is 6.04 Å². The summed E-state index contributed by atoms with van der Waals surface area (Å²) in [6.07, 6.45) is 0. The van der Waals surface area contributed by atoms with Gasteiger partial charge in [-0.05, 0) is 29.8 Å². The Morgan fingerprint density at radius 2 is 1.90 bits per heavy atom. The molecule has 0 aliphatic heterocycles. The van der Waals surface area contributed by atoms with Crippen LogP contribution < -0.4 is 10.1 Å². The normalized spacial score (nSPS) is 12.1. The second-order valence-electron chi connectivity index (χ2n) is 4.89. The van der Waals surface area contributed by atoms with Crippen molar-refractivity contribution < 1.29 is 4.74 Å². The Morgan fingerprint density at radius 1 is 1.10 bits per heavy atom. The number of hydrogen-bond acceptors (Lipinski definition) is 3. The largest absolute Gasteiger partial charge is 0.497 e. The standard InChI is InChI=1S/C18H23NOS/c1-3-19-18(16-10-7-11-17(12-16)20-2)14-21-13-15-8-5-4-6-9-15/h4-12,18-19H,3,13-14H2,1-2H3. The molecule has 112 valence electrons. The highest BCUT2D eigenvalue weighted by molar-refractivity contribution is 7.98. The van der Waals surface area contributed by atoms with Crippen LogP contribution in [0.3, 0.4) is 0 Å². The van der Waals surface area contributed by atoms with Gasteiger partial charge in [-0.25, -0.2) is 0 Å². The number of nitrogens with one attached hydrogen (secondary N) is 1. The van der Waals surface area contributed by atoms with Crippen LogP contribution in [0.2, 0.25) is 0 Å². The third-order valence-electron chi connectivity index (χ3n) is 3.34. The van der Waals surface area contributed by atoms with E-state index in [0.717, 1.165) is 23.8 Å². The van der Waals surface area contributed by atoms with Crippen molar-refractivity contribution in [3.63, 3.8) is 0 Å². The van der Waals surface area contributed by atoms with Crippen molar-refractivity contribution in [3.05, 3.63) is 65.7 Å². The van der Waals surface area contributed by atoms with Crippen molar-refractivity contribution in [2.45, 2.75) is 18.7 Å². The molecule has 0 amide bonds. The van der Waals surface area contributed by atoms with Crippen molar-refractivity contribution in [2.75, 3.05) is 19.4 Å². The fraction of sp³-hybridized carbons (Fsp3) is 0.333. The predicted octanol–water partition coefficient (Wildman–Crippen LogP) is 4.28. The highest BCUT2D eigenvalue weighted by atomic mass is 32.2. The predicted molar refractivity (Wildman–Crippen MR) is 92.0 cm³/mol. The molecule has 2 aromatic carbocycles. The molecular formula is C18H23NOS. The maximum atomic E-state index is 5.32. The van der Waals surface area contributed by atoms with Gasteiger partial charge in [0.25, 0.3) is 0 Å².